The van der Waals surface area contributed by atoms with Crippen molar-refractivity contribution in [1.82, 2.24) is 0 Å². The van der Waals surface area contributed by atoms with Gasteiger partial charge in [-0.3, -0.25) is 0 Å². The van der Waals surface area contributed by atoms with Crippen molar-refractivity contribution in [2.45, 2.75) is 0 Å². The summed E-state index contributed by atoms with van der Waals surface area (Å²) < 4.78 is 6.34. The van der Waals surface area contributed by atoms with Gasteiger partial charge >= 0.3 is 0 Å². The molecule has 0 saturated heterocycles. The lowest BCUT2D eigenvalue weighted by Gasteiger charge is -2.29. The Kier molecular flexibility index (Phi) is 8.19. The smallest absolute Gasteiger partial charge is 0.136 e. The van der Waals surface area contributed by atoms with Gasteiger partial charge in [-0.1, -0.05) is 176 Å². The summed E-state index contributed by atoms with van der Waals surface area (Å²) in [5.74, 6) is 0. The second-order valence-electron chi connectivity index (χ2n) is 14.9. The van der Waals surface area contributed by atoms with Crippen LogP contribution in [0.3, 0.4) is 0 Å². The van der Waals surface area contributed by atoms with E-state index in [0.29, 0.717) is 0 Å². The van der Waals surface area contributed by atoms with Gasteiger partial charge in [0.2, 0.25) is 0 Å². The van der Waals surface area contributed by atoms with Gasteiger partial charge in [0.05, 0.1) is 5.69 Å². The summed E-state index contributed by atoms with van der Waals surface area (Å²) in [5.41, 5.74) is 14.4. The minimum Gasteiger partial charge on any atom is -0.456 e. The van der Waals surface area contributed by atoms with Crippen LogP contribution < -0.4 is 4.90 Å². The maximum atomic E-state index is 6.34. The molecule has 0 bridgehead atoms. The molecule has 0 aliphatic rings. The number of benzene rings is 10. The van der Waals surface area contributed by atoms with Gasteiger partial charge in [0.15, 0.2) is 0 Å². The Balaban J connectivity index is 1.10. The topological polar surface area (TPSA) is 16.4 Å². The lowest BCUT2D eigenvalue weighted by Crippen LogP contribution is -2.11. The zero-order chi connectivity index (χ0) is 38.4. The van der Waals surface area contributed by atoms with E-state index in [2.05, 4.69) is 217 Å². The quantitative estimate of drug-likeness (QED) is 0.162. The third-order valence-electron chi connectivity index (χ3n) is 11.5. The molecule has 1 heterocycles. The van der Waals surface area contributed by atoms with E-state index in [9.17, 15) is 0 Å². The molecule has 0 saturated carbocycles. The molecule has 0 atom stereocenters. The monoisotopic (exact) mass is 739 g/mol. The van der Waals surface area contributed by atoms with Crippen molar-refractivity contribution in [3.05, 3.63) is 224 Å². The minimum absolute atomic E-state index is 0.889. The highest BCUT2D eigenvalue weighted by molar-refractivity contribution is 6.09. The maximum Gasteiger partial charge on any atom is 0.136 e. The van der Waals surface area contributed by atoms with Gasteiger partial charge in [0.1, 0.15) is 11.2 Å². The van der Waals surface area contributed by atoms with E-state index >= 15 is 0 Å². The number of nitrogens with zero attached hydrogens (tertiary/aromatic N) is 1. The van der Waals surface area contributed by atoms with Crippen LogP contribution >= 0.6 is 0 Å². The molecule has 0 N–H and O–H groups in total. The highest BCUT2D eigenvalue weighted by atomic mass is 16.3. The average Bonchev–Trinajstić information content (AvgIpc) is 3.67. The second-order valence-corrected chi connectivity index (χ2v) is 14.9. The van der Waals surface area contributed by atoms with Crippen LogP contribution in [0.1, 0.15) is 0 Å². The van der Waals surface area contributed by atoms with Crippen LogP contribution in [0, 0.1) is 0 Å². The van der Waals surface area contributed by atoms with Crippen molar-refractivity contribution in [2.75, 3.05) is 4.90 Å². The molecule has 272 valence electrons. The fourth-order valence-electron chi connectivity index (χ4n) is 8.74. The summed E-state index contributed by atoms with van der Waals surface area (Å²) in [5, 5.41) is 7.20. The summed E-state index contributed by atoms with van der Waals surface area (Å²) in [6, 6.07) is 80.8. The first-order valence-corrected chi connectivity index (χ1v) is 19.8. The average molecular weight is 740 g/mol. The maximum absolute atomic E-state index is 6.34. The molecule has 0 unspecified atom stereocenters. The number of hydrogen-bond acceptors (Lipinski definition) is 2. The molecule has 2 heteroatoms. The summed E-state index contributed by atoms with van der Waals surface area (Å²) in [4.78, 5) is 2.41. The molecule has 11 rings (SSSR count). The van der Waals surface area contributed by atoms with E-state index in [1.807, 2.05) is 12.1 Å². The number of furan rings is 1. The van der Waals surface area contributed by atoms with Crippen molar-refractivity contribution < 1.29 is 4.42 Å². The Morgan fingerprint density at radius 2 is 0.862 bits per heavy atom. The molecular weight excluding hydrogens is 703 g/mol. The van der Waals surface area contributed by atoms with Crippen LogP contribution in [0.15, 0.2) is 229 Å². The summed E-state index contributed by atoms with van der Waals surface area (Å²) >= 11 is 0. The lowest BCUT2D eigenvalue weighted by molar-refractivity contribution is 0.669. The zero-order valence-corrected chi connectivity index (χ0v) is 31.7. The fourth-order valence-corrected chi connectivity index (χ4v) is 8.74. The predicted molar refractivity (Wildman–Crippen MR) is 245 cm³/mol. The van der Waals surface area contributed by atoms with Crippen LogP contribution in [0.5, 0.6) is 0 Å². The van der Waals surface area contributed by atoms with Crippen molar-refractivity contribution in [3.63, 3.8) is 0 Å². The van der Waals surface area contributed by atoms with Crippen molar-refractivity contribution in [2.24, 2.45) is 0 Å². The predicted octanol–water partition coefficient (Wildman–Crippen LogP) is 16.0. The molecule has 0 aliphatic heterocycles. The van der Waals surface area contributed by atoms with Crippen molar-refractivity contribution in [1.29, 1.82) is 0 Å². The fraction of sp³-hybridized carbons (Fsp3) is 0. The molecular formula is C56H37NO. The number of fused-ring (bicyclic) bond motifs is 5. The molecule has 1 aromatic heterocycles. The highest BCUT2D eigenvalue weighted by Crippen LogP contribution is 2.46. The van der Waals surface area contributed by atoms with E-state index in [1.165, 1.54) is 49.4 Å². The van der Waals surface area contributed by atoms with Crippen LogP contribution in [-0.4, -0.2) is 0 Å². The van der Waals surface area contributed by atoms with Crippen LogP contribution in [0.25, 0.3) is 88.0 Å². The summed E-state index contributed by atoms with van der Waals surface area (Å²) in [6.07, 6.45) is 0. The van der Waals surface area contributed by atoms with Crippen LogP contribution in [-0.2, 0) is 0 Å². The number of rotatable bonds is 7. The van der Waals surface area contributed by atoms with Crippen molar-refractivity contribution >= 4 is 60.5 Å². The van der Waals surface area contributed by atoms with E-state index in [0.717, 1.165) is 55.7 Å². The normalized spacial score (nSPS) is 11.4. The molecule has 0 radical (unpaired) electrons. The Morgan fingerprint density at radius 3 is 1.72 bits per heavy atom. The minimum atomic E-state index is 0.889. The largest absolute Gasteiger partial charge is 0.456 e. The van der Waals surface area contributed by atoms with E-state index in [1.54, 1.807) is 0 Å². The Labute approximate surface area is 337 Å². The molecule has 0 spiro atoms. The molecule has 0 amide bonds. The van der Waals surface area contributed by atoms with Gasteiger partial charge in [-0.15, -0.1) is 0 Å². The standard InChI is InChI=1S/C56H37NO/c1-2-14-39(15-3-1)48-26-12-18-41-19-13-27-52(56(41)48)49-23-6-8-28-53(49)57(44-33-30-40(31-34-44)47-25-11-17-38-16-4-5-22-46(38)47)45-21-10-20-42(36-45)43-32-35-51-50-24-7-9-29-54(50)58-55(51)37-43/h1-37H. The Bertz CT molecular complexity index is 3270. The van der Waals surface area contributed by atoms with E-state index in [4.69, 9.17) is 4.42 Å². The zero-order valence-electron chi connectivity index (χ0n) is 31.7. The Morgan fingerprint density at radius 1 is 0.293 bits per heavy atom. The molecule has 58 heavy (non-hydrogen) atoms. The molecule has 0 aliphatic carbocycles. The third kappa shape index (κ3) is 5.82. The highest BCUT2D eigenvalue weighted by Gasteiger charge is 2.21. The van der Waals surface area contributed by atoms with Gasteiger partial charge in [0, 0.05) is 27.7 Å². The van der Waals surface area contributed by atoms with Gasteiger partial charge in [-0.05, 0) is 109 Å². The number of hydrogen-bond donors (Lipinski definition) is 0. The van der Waals surface area contributed by atoms with Gasteiger partial charge < -0.3 is 9.32 Å². The molecule has 0 fully saturated rings. The summed E-state index contributed by atoms with van der Waals surface area (Å²) in [7, 11) is 0. The first-order valence-electron chi connectivity index (χ1n) is 19.8. The molecule has 2 nitrogen and oxygen atoms in total. The third-order valence-corrected chi connectivity index (χ3v) is 11.5. The first-order chi connectivity index (χ1) is 28.8. The van der Waals surface area contributed by atoms with Gasteiger partial charge in [-0.25, -0.2) is 0 Å². The van der Waals surface area contributed by atoms with Gasteiger partial charge in [0.25, 0.3) is 0 Å². The summed E-state index contributed by atoms with van der Waals surface area (Å²) in [6.45, 7) is 0. The molecule has 10 aromatic carbocycles. The van der Waals surface area contributed by atoms with E-state index < -0.39 is 0 Å². The van der Waals surface area contributed by atoms with E-state index in [-0.39, 0.29) is 0 Å². The first kappa shape index (κ1) is 33.6. The van der Waals surface area contributed by atoms with Crippen LogP contribution in [0.4, 0.5) is 17.1 Å². The number of anilines is 3. The van der Waals surface area contributed by atoms with Crippen molar-refractivity contribution in [3.8, 4) is 44.5 Å². The number of para-hydroxylation sites is 2. The van der Waals surface area contributed by atoms with Crippen LogP contribution in [0.2, 0.25) is 0 Å². The second kappa shape index (κ2) is 14.1. The lowest BCUT2D eigenvalue weighted by atomic mass is 9.90. The Hall–Kier alpha value is -7.68. The SMILES string of the molecule is c1ccc(-c2cccc3cccc(-c4ccccc4N(c4ccc(-c5cccc6ccccc56)cc4)c4cccc(-c5ccc6c(c5)oc5ccccc56)c4)c23)cc1. The molecule has 11 aromatic rings. The van der Waals surface area contributed by atoms with Gasteiger partial charge in [-0.2, -0.15) is 0 Å².